The lowest BCUT2D eigenvalue weighted by atomic mass is 9.86. The van der Waals surface area contributed by atoms with Crippen molar-refractivity contribution in [2.75, 3.05) is 6.54 Å². The molecule has 0 radical (unpaired) electrons. The number of rotatable bonds is 3. The standard InChI is InChI=1S/C14H19Cl2NO/c1-2-9-6-7-17-12(8-9)14(18)10-4-3-5-11(15)13(10)16/h3-5,9,12,14,17-18H,2,6-8H2,1H3. The van der Waals surface area contributed by atoms with Crippen LogP contribution in [0.3, 0.4) is 0 Å². The molecule has 0 saturated carbocycles. The summed E-state index contributed by atoms with van der Waals surface area (Å²) in [5.41, 5.74) is 0.721. The molecule has 0 bridgehead atoms. The zero-order valence-electron chi connectivity index (χ0n) is 10.5. The van der Waals surface area contributed by atoms with Crippen LogP contribution in [0.25, 0.3) is 0 Å². The van der Waals surface area contributed by atoms with Crippen LogP contribution in [0, 0.1) is 5.92 Å². The van der Waals surface area contributed by atoms with Gasteiger partial charge in [-0.2, -0.15) is 0 Å². The molecule has 0 aliphatic carbocycles. The Balaban J connectivity index is 2.15. The molecular formula is C14H19Cl2NO. The lowest BCUT2D eigenvalue weighted by Crippen LogP contribution is -2.42. The average Bonchev–Trinajstić information content (AvgIpc) is 2.41. The van der Waals surface area contributed by atoms with Gasteiger partial charge in [-0.25, -0.2) is 0 Å². The zero-order valence-corrected chi connectivity index (χ0v) is 12.0. The van der Waals surface area contributed by atoms with Crippen LogP contribution in [0.2, 0.25) is 10.0 Å². The van der Waals surface area contributed by atoms with Gasteiger partial charge in [0.25, 0.3) is 0 Å². The molecule has 1 fully saturated rings. The lowest BCUT2D eigenvalue weighted by Gasteiger charge is -2.33. The molecule has 1 saturated heterocycles. The molecule has 2 rings (SSSR count). The van der Waals surface area contributed by atoms with Crippen molar-refractivity contribution in [2.24, 2.45) is 5.92 Å². The lowest BCUT2D eigenvalue weighted by molar-refractivity contribution is 0.0980. The van der Waals surface area contributed by atoms with E-state index in [9.17, 15) is 5.11 Å². The Morgan fingerprint density at radius 1 is 1.44 bits per heavy atom. The van der Waals surface area contributed by atoms with Crippen LogP contribution >= 0.6 is 23.2 Å². The predicted molar refractivity (Wildman–Crippen MR) is 76.2 cm³/mol. The average molecular weight is 288 g/mol. The van der Waals surface area contributed by atoms with Crippen molar-refractivity contribution in [1.82, 2.24) is 5.32 Å². The summed E-state index contributed by atoms with van der Waals surface area (Å²) in [6.45, 7) is 3.16. The van der Waals surface area contributed by atoms with E-state index in [1.54, 1.807) is 6.07 Å². The summed E-state index contributed by atoms with van der Waals surface area (Å²) in [4.78, 5) is 0. The maximum Gasteiger partial charge on any atom is 0.0957 e. The molecular weight excluding hydrogens is 269 g/mol. The first-order valence-corrected chi connectivity index (χ1v) is 7.24. The van der Waals surface area contributed by atoms with Gasteiger partial charge in [0.1, 0.15) is 0 Å². The second-order valence-corrected chi connectivity index (χ2v) is 5.73. The summed E-state index contributed by atoms with van der Waals surface area (Å²) < 4.78 is 0. The SMILES string of the molecule is CCC1CCNC(C(O)c2cccc(Cl)c2Cl)C1. The summed E-state index contributed by atoms with van der Waals surface area (Å²) in [7, 11) is 0. The van der Waals surface area contributed by atoms with E-state index in [0.29, 0.717) is 16.0 Å². The molecule has 1 aromatic carbocycles. The second-order valence-electron chi connectivity index (χ2n) is 4.95. The van der Waals surface area contributed by atoms with E-state index >= 15 is 0 Å². The Morgan fingerprint density at radius 2 is 2.22 bits per heavy atom. The molecule has 0 aromatic heterocycles. The van der Waals surface area contributed by atoms with Crippen molar-refractivity contribution in [2.45, 2.75) is 38.3 Å². The molecule has 0 amide bonds. The number of piperidine rings is 1. The number of aliphatic hydroxyl groups excluding tert-OH is 1. The highest BCUT2D eigenvalue weighted by Crippen LogP contribution is 2.34. The molecule has 1 aliphatic rings. The minimum atomic E-state index is -0.592. The van der Waals surface area contributed by atoms with E-state index in [1.165, 1.54) is 6.42 Å². The third-order valence-electron chi connectivity index (χ3n) is 3.80. The summed E-state index contributed by atoms with van der Waals surface area (Å²) in [5.74, 6) is 0.684. The number of hydrogen-bond acceptors (Lipinski definition) is 2. The Morgan fingerprint density at radius 3 is 2.94 bits per heavy atom. The van der Waals surface area contributed by atoms with Crippen molar-refractivity contribution >= 4 is 23.2 Å². The predicted octanol–water partition coefficient (Wildman–Crippen LogP) is 3.81. The molecule has 2 nitrogen and oxygen atoms in total. The topological polar surface area (TPSA) is 32.3 Å². The number of halogens is 2. The Labute approximate surface area is 118 Å². The van der Waals surface area contributed by atoms with Gasteiger partial charge in [0.05, 0.1) is 16.1 Å². The van der Waals surface area contributed by atoms with Gasteiger partial charge in [0.2, 0.25) is 0 Å². The van der Waals surface area contributed by atoms with E-state index in [4.69, 9.17) is 23.2 Å². The number of aliphatic hydroxyl groups is 1. The highest BCUT2D eigenvalue weighted by molar-refractivity contribution is 6.42. The molecule has 1 aromatic rings. The van der Waals surface area contributed by atoms with E-state index in [2.05, 4.69) is 12.2 Å². The largest absolute Gasteiger partial charge is 0.387 e. The number of benzene rings is 1. The first-order valence-electron chi connectivity index (χ1n) is 6.48. The summed E-state index contributed by atoms with van der Waals surface area (Å²) >= 11 is 12.1. The molecule has 3 atom stereocenters. The summed E-state index contributed by atoms with van der Waals surface area (Å²) in [5, 5.41) is 14.8. The van der Waals surface area contributed by atoms with E-state index in [0.717, 1.165) is 24.9 Å². The molecule has 100 valence electrons. The van der Waals surface area contributed by atoms with E-state index in [-0.39, 0.29) is 6.04 Å². The van der Waals surface area contributed by atoms with Crippen LogP contribution in [0.5, 0.6) is 0 Å². The van der Waals surface area contributed by atoms with Gasteiger partial charge in [0, 0.05) is 11.6 Å². The molecule has 1 aliphatic heterocycles. The summed E-state index contributed by atoms with van der Waals surface area (Å²) in [6.07, 6.45) is 2.74. The minimum absolute atomic E-state index is 0.0691. The molecule has 0 spiro atoms. The van der Waals surface area contributed by atoms with Crippen LogP contribution in [0.15, 0.2) is 18.2 Å². The van der Waals surface area contributed by atoms with Gasteiger partial charge < -0.3 is 10.4 Å². The van der Waals surface area contributed by atoms with Crippen LogP contribution in [-0.2, 0) is 0 Å². The molecule has 1 heterocycles. The maximum atomic E-state index is 10.5. The normalized spacial score (nSPS) is 26.0. The molecule has 3 unspecified atom stereocenters. The van der Waals surface area contributed by atoms with Gasteiger partial charge in [-0.05, 0) is 31.4 Å². The van der Waals surface area contributed by atoms with Crippen molar-refractivity contribution < 1.29 is 5.11 Å². The Kier molecular flexibility index (Phi) is 4.91. The first kappa shape index (κ1) is 14.1. The monoisotopic (exact) mass is 287 g/mol. The fourth-order valence-corrected chi connectivity index (χ4v) is 3.03. The van der Waals surface area contributed by atoms with Crippen molar-refractivity contribution in [3.63, 3.8) is 0 Å². The zero-order chi connectivity index (χ0) is 13.1. The van der Waals surface area contributed by atoms with E-state index in [1.807, 2.05) is 12.1 Å². The van der Waals surface area contributed by atoms with Crippen LogP contribution < -0.4 is 5.32 Å². The van der Waals surface area contributed by atoms with Crippen LogP contribution in [0.4, 0.5) is 0 Å². The quantitative estimate of drug-likeness (QED) is 0.886. The fourth-order valence-electron chi connectivity index (χ4n) is 2.61. The third kappa shape index (κ3) is 3.00. The van der Waals surface area contributed by atoms with Crippen LogP contribution in [-0.4, -0.2) is 17.7 Å². The highest BCUT2D eigenvalue weighted by Gasteiger charge is 2.28. The second kappa shape index (κ2) is 6.25. The maximum absolute atomic E-state index is 10.5. The van der Waals surface area contributed by atoms with Gasteiger partial charge in [0.15, 0.2) is 0 Å². The van der Waals surface area contributed by atoms with Crippen molar-refractivity contribution in [3.8, 4) is 0 Å². The third-order valence-corrected chi connectivity index (χ3v) is 4.64. The summed E-state index contributed by atoms with van der Waals surface area (Å²) in [6, 6.07) is 5.48. The smallest absolute Gasteiger partial charge is 0.0957 e. The van der Waals surface area contributed by atoms with E-state index < -0.39 is 6.10 Å². The number of hydrogen-bond donors (Lipinski definition) is 2. The van der Waals surface area contributed by atoms with Gasteiger partial charge >= 0.3 is 0 Å². The molecule has 18 heavy (non-hydrogen) atoms. The van der Waals surface area contributed by atoms with Gasteiger partial charge in [-0.3, -0.25) is 0 Å². The molecule has 4 heteroatoms. The van der Waals surface area contributed by atoms with Crippen molar-refractivity contribution in [3.05, 3.63) is 33.8 Å². The Hall–Kier alpha value is -0.280. The fraction of sp³-hybridized carbons (Fsp3) is 0.571. The van der Waals surface area contributed by atoms with Crippen LogP contribution in [0.1, 0.15) is 37.9 Å². The minimum Gasteiger partial charge on any atom is -0.387 e. The number of nitrogens with one attached hydrogen (secondary N) is 1. The Bertz CT molecular complexity index is 411. The molecule has 2 N–H and O–H groups in total. The van der Waals surface area contributed by atoms with Gasteiger partial charge in [-0.1, -0.05) is 48.7 Å². The first-order chi connectivity index (χ1) is 8.63. The van der Waals surface area contributed by atoms with Crippen molar-refractivity contribution in [1.29, 1.82) is 0 Å². The van der Waals surface area contributed by atoms with Gasteiger partial charge in [-0.15, -0.1) is 0 Å². The highest BCUT2D eigenvalue weighted by atomic mass is 35.5.